The van der Waals surface area contributed by atoms with Gasteiger partial charge in [0.05, 0.1) is 11.2 Å². The molecule has 0 spiro atoms. The van der Waals surface area contributed by atoms with Crippen molar-refractivity contribution in [3.05, 3.63) is 206 Å². The van der Waals surface area contributed by atoms with E-state index in [1.54, 1.807) is 0 Å². The van der Waals surface area contributed by atoms with Crippen LogP contribution in [0.4, 0.5) is 45.5 Å². The van der Waals surface area contributed by atoms with Crippen LogP contribution in [-0.4, -0.2) is 12.3 Å². The monoisotopic (exact) mass is 1060 g/mol. The Hall–Kier alpha value is -6.78. The number of fused-ring (bicyclic) bond motifs is 16. The summed E-state index contributed by atoms with van der Waals surface area (Å²) in [5.41, 5.74) is 35.6. The normalized spacial score (nSPS) is 24.2. The third-order valence-corrected chi connectivity index (χ3v) is 23.4. The standard InChI is InChI=1S/C77H80BN3/c1-44-36-55-56(74(12,13)52-28-20-19-27-51(52)73(55,10)11)42-62(44)79-63-39-47(81-60-33-30-46(70(3,4)5)38-57(60)75(14)34-21-22-35-76(75,81)15)31-32-58(63)78-59-40-53-54(72(8,9)43-71(53,6)7)41-64(59)80-61-29-23-25-49-48-24-17-18-26-50(48)77(16,67(49)61)66-45(2)37-65(79)68(78)69(66)80/h17-20,23-33,36-42H,21-22,34-35,43H2,1-16H3. The van der Waals surface area contributed by atoms with Crippen LogP contribution in [0.2, 0.25) is 0 Å². The van der Waals surface area contributed by atoms with Crippen LogP contribution < -0.4 is 31.1 Å². The molecule has 0 radical (unpaired) electrons. The van der Waals surface area contributed by atoms with Crippen LogP contribution in [0.15, 0.2) is 133 Å². The first-order valence-corrected chi connectivity index (χ1v) is 30.8. The lowest BCUT2D eigenvalue weighted by atomic mass is 9.32. The van der Waals surface area contributed by atoms with Crippen molar-refractivity contribution >= 4 is 68.6 Å². The average molecular weight is 1060 g/mol. The van der Waals surface area contributed by atoms with Crippen LogP contribution in [0.3, 0.4) is 0 Å². The molecule has 8 aromatic carbocycles. The molecule has 8 aliphatic rings. The van der Waals surface area contributed by atoms with Gasteiger partial charge in [0.25, 0.3) is 6.71 Å². The summed E-state index contributed by atoms with van der Waals surface area (Å²) in [6.07, 6.45) is 5.97. The van der Waals surface area contributed by atoms with Crippen LogP contribution in [0.1, 0.15) is 201 Å². The zero-order valence-corrected chi connectivity index (χ0v) is 51.2. The first kappa shape index (κ1) is 50.0. The molecule has 4 aliphatic heterocycles. The number of hydrogen-bond donors (Lipinski definition) is 0. The highest BCUT2D eigenvalue weighted by Crippen LogP contribution is 2.66. The molecule has 81 heavy (non-hydrogen) atoms. The van der Waals surface area contributed by atoms with Crippen molar-refractivity contribution in [3.63, 3.8) is 0 Å². The Kier molecular flexibility index (Phi) is 9.42. The van der Waals surface area contributed by atoms with Crippen LogP contribution in [0.5, 0.6) is 0 Å². The number of nitrogens with zero attached hydrogens (tertiary/aromatic N) is 3. The Morgan fingerprint density at radius 3 is 1.79 bits per heavy atom. The largest absolute Gasteiger partial charge is 0.334 e. The SMILES string of the molecule is Cc1cc2c(cc1N1c3cc(N4c5ccc(C(C)(C)C)cc5C5(C)CCCCC45C)ccc3B3c4cc5c(cc4N4c6cccc7c6C(C)(c6ccccc6-7)c6c(C)cc1c3c64)C(C)(C)CC5(C)C)C(C)(C)c1ccccc1C2(C)C. The van der Waals surface area contributed by atoms with Gasteiger partial charge in [-0.05, 0) is 206 Å². The van der Waals surface area contributed by atoms with Gasteiger partial charge in [-0.1, -0.05) is 187 Å². The van der Waals surface area contributed by atoms with E-state index in [0.717, 1.165) is 12.8 Å². The van der Waals surface area contributed by atoms with Crippen molar-refractivity contribution in [2.45, 2.75) is 186 Å². The lowest BCUT2D eigenvalue weighted by Crippen LogP contribution is -2.63. The molecule has 4 heterocycles. The van der Waals surface area contributed by atoms with Crippen LogP contribution >= 0.6 is 0 Å². The Morgan fingerprint density at radius 1 is 0.444 bits per heavy atom. The van der Waals surface area contributed by atoms with Gasteiger partial charge in [-0.15, -0.1) is 0 Å². The zero-order valence-electron chi connectivity index (χ0n) is 51.2. The molecule has 16 rings (SSSR count). The van der Waals surface area contributed by atoms with Crippen LogP contribution in [0, 0.1) is 13.8 Å². The number of benzene rings is 8. The summed E-state index contributed by atoms with van der Waals surface area (Å²) in [5, 5.41) is 0. The molecular weight excluding hydrogens is 978 g/mol. The summed E-state index contributed by atoms with van der Waals surface area (Å²) in [7, 11) is 0. The molecule has 0 bridgehead atoms. The minimum Gasteiger partial charge on any atom is -0.334 e. The van der Waals surface area contributed by atoms with Gasteiger partial charge in [-0.2, -0.15) is 0 Å². The van der Waals surface area contributed by atoms with E-state index in [9.17, 15) is 0 Å². The van der Waals surface area contributed by atoms with Gasteiger partial charge >= 0.3 is 0 Å². The van der Waals surface area contributed by atoms with E-state index in [4.69, 9.17) is 0 Å². The van der Waals surface area contributed by atoms with E-state index in [1.807, 2.05) is 0 Å². The maximum absolute atomic E-state index is 2.84. The van der Waals surface area contributed by atoms with E-state index in [0.29, 0.717) is 0 Å². The Bertz CT molecular complexity index is 4200. The molecule has 0 N–H and O–H groups in total. The Labute approximate surface area is 483 Å². The third-order valence-electron chi connectivity index (χ3n) is 23.4. The van der Waals surface area contributed by atoms with Gasteiger partial charge in [0.15, 0.2) is 0 Å². The molecule has 1 fully saturated rings. The van der Waals surface area contributed by atoms with Gasteiger partial charge in [0, 0.05) is 61.5 Å². The lowest BCUT2D eigenvalue weighted by molar-refractivity contribution is 0.195. The molecule has 4 aliphatic carbocycles. The summed E-state index contributed by atoms with van der Waals surface area (Å²) in [6, 6.07) is 54.5. The van der Waals surface area contributed by atoms with Crippen molar-refractivity contribution < 1.29 is 0 Å². The van der Waals surface area contributed by atoms with Crippen molar-refractivity contribution in [1.82, 2.24) is 0 Å². The zero-order chi connectivity index (χ0) is 56.4. The van der Waals surface area contributed by atoms with Crippen molar-refractivity contribution in [2.75, 3.05) is 14.7 Å². The van der Waals surface area contributed by atoms with Crippen LogP contribution in [-0.2, 0) is 37.9 Å². The number of rotatable bonds is 2. The van der Waals surface area contributed by atoms with Gasteiger partial charge in [0.1, 0.15) is 0 Å². The smallest absolute Gasteiger partial charge is 0.252 e. The Morgan fingerprint density at radius 2 is 1.07 bits per heavy atom. The van der Waals surface area contributed by atoms with E-state index >= 15 is 0 Å². The molecule has 3 unspecified atom stereocenters. The number of hydrogen-bond acceptors (Lipinski definition) is 3. The summed E-state index contributed by atoms with van der Waals surface area (Å²) in [4.78, 5) is 8.42. The van der Waals surface area contributed by atoms with Crippen molar-refractivity contribution in [1.29, 1.82) is 0 Å². The number of anilines is 8. The summed E-state index contributed by atoms with van der Waals surface area (Å²) < 4.78 is 0. The highest BCUT2D eigenvalue weighted by molar-refractivity contribution is 7.00. The second-order valence-electron chi connectivity index (χ2n) is 30.6. The molecule has 3 atom stereocenters. The van der Waals surface area contributed by atoms with E-state index < -0.39 is 0 Å². The predicted octanol–water partition coefficient (Wildman–Crippen LogP) is 18.0. The van der Waals surface area contributed by atoms with Crippen molar-refractivity contribution in [2.24, 2.45) is 0 Å². The molecule has 0 saturated heterocycles. The van der Waals surface area contributed by atoms with Crippen molar-refractivity contribution in [3.8, 4) is 11.1 Å². The maximum Gasteiger partial charge on any atom is 0.252 e. The van der Waals surface area contributed by atoms with Gasteiger partial charge < -0.3 is 14.7 Å². The third kappa shape index (κ3) is 5.89. The van der Waals surface area contributed by atoms with E-state index in [-0.39, 0.29) is 50.2 Å². The van der Waals surface area contributed by atoms with Gasteiger partial charge in [0.2, 0.25) is 0 Å². The first-order chi connectivity index (χ1) is 38.2. The lowest BCUT2D eigenvalue weighted by Gasteiger charge is -2.52. The summed E-state index contributed by atoms with van der Waals surface area (Å²) in [5.74, 6) is 0. The first-order valence-electron chi connectivity index (χ1n) is 30.8. The quantitative estimate of drug-likeness (QED) is 0.160. The topological polar surface area (TPSA) is 9.72 Å². The molecule has 406 valence electrons. The highest BCUT2D eigenvalue weighted by atomic mass is 15.3. The Balaban J connectivity index is 1.03. The molecular formula is C77H80BN3. The number of aryl methyl sites for hydroxylation is 2. The second kappa shape index (κ2) is 15.3. The fourth-order valence-electron chi connectivity index (χ4n) is 19.4. The summed E-state index contributed by atoms with van der Waals surface area (Å²) in [6.45, 7) is 39.6. The highest BCUT2D eigenvalue weighted by Gasteiger charge is 2.60. The van der Waals surface area contributed by atoms with E-state index in [2.05, 4.69) is 259 Å². The average Bonchev–Trinajstić information content (AvgIpc) is 3.98. The van der Waals surface area contributed by atoms with Gasteiger partial charge in [-0.25, -0.2) is 0 Å². The fourth-order valence-corrected chi connectivity index (χ4v) is 19.4. The van der Waals surface area contributed by atoms with E-state index in [1.165, 1.54) is 165 Å². The van der Waals surface area contributed by atoms with Gasteiger partial charge in [-0.3, -0.25) is 0 Å². The molecule has 1 saturated carbocycles. The minimum absolute atomic E-state index is 0.00180. The van der Waals surface area contributed by atoms with Crippen LogP contribution in [0.25, 0.3) is 11.1 Å². The molecule has 0 amide bonds. The molecule has 8 aromatic rings. The summed E-state index contributed by atoms with van der Waals surface area (Å²) >= 11 is 0. The molecule has 0 aromatic heterocycles. The maximum atomic E-state index is 2.84. The minimum atomic E-state index is -0.356. The molecule has 4 heteroatoms. The predicted molar refractivity (Wildman–Crippen MR) is 344 cm³/mol. The fraction of sp³-hybridized carbons (Fsp3) is 0.377. The second-order valence-corrected chi connectivity index (χ2v) is 30.6. The molecule has 3 nitrogen and oxygen atoms in total.